The van der Waals surface area contributed by atoms with Gasteiger partial charge in [0.05, 0.1) is 33.6 Å². The number of carbonyl (C=O) groups excluding carboxylic acids is 1. The van der Waals surface area contributed by atoms with Crippen molar-refractivity contribution in [3.63, 3.8) is 0 Å². The Kier molecular flexibility index (Phi) is 3.93. The van der Waals surface area contributed by atoms with Crippen molar-refractivity contribution in [3.8, 4) is 11.3 Å². The van der Waals surface area contributed by atoms with E-state index in [2.05, 4.69) is 4.98 Å². The average Bonchev–Trinajstić information content (AvgIpc) is 3.19. The van der Waals surface area contributed by atoms with Crippen molar-refractivity contribution in [3.05, 3.63) is 59.8 Å². The maximum absolute atomic E-state index is 11.9. The smallest absolute Gasteiger partial charge is 0.338 e. The number of carboxylic acid groups (broad SMARTS) is 1. The molecule has 0 amide bonds. The summed E-state index contributed by atoms with van der Waals surface area (Å²) in [6, 6.07) is 12.1. The van der Waals surface area contributed by atoms with Crippen molar-refractivity contribution in [2.75, 3.05) is 6.61 Å². The van der Waals surface area contributed by atoms with Crippen LogP contribution in [0.2, 0.25) is 0 Å². The minimum atomic E-state index is -0.953. The van der Waals surface area contributed by atoms with Crippen LogP contribution < -0.4 is 0 Å². The number of hydrogen-bond donors (Lipinski definition) is 1. The predicted molar refractivity (Wildman–Crippen MR) is 98.9 cm³/mol. The molecule has 0 unspecified atom stereocenters. The van der Waals surface area contributed by atoms with E-state index < -0.39 is 5.97 Å². The number of nitrogens with zero attached hydrogens (tertiary/aromatic N) is 2. The highest BCUT2D eigenvalue weighted by Gasteiger charge is 2.13. The van der Waals surface area contributed by atoms with E-state index in [-0.39, 0.29) is 11.5 Å². The Bertz CT molecular complexity index is 1140. The molecule has 0 aliphatic carbocycles. The molecular formula is C19H14N2O4S. The summed E-state index contributed by atoms with van der Waals surface area (Å²) in [5.41, 5.74) is 3.34. The number of esters is 1. The summed E-state index contributed by atoms with van der Waals surface area (Å²) >= 11 is 1.48. The summed E-state index contributed by atoms with van der Waals surface area (Å²) in [4.78, 5) is 28.3. The number of ether oxygens (including phenoxy) is 1. The van der Waals surface area contributed by atoms with E-state index in [1.807, 2.05) is 22.7 Å². The van der Waals surface area contributed by atoms with Crippen molar-refractivity contribution in [1.29, 1.82) is 0 Å². The van der Waals surface area contributed by atoms with Crippen molar-refractivity contribution < 1.29 is 19.4 Å². The SMILES string of the molecule is CCOC(=O)c1ccc2c(c1)sc1nc(-c3ccc(C(=O)O)cc3)cn12. The number of aromatic nitrogens is 2. The largest absolute Gasteiger partial charge is 0.478 e. The third-order valence-electron chi connectivity index (χ3n) is 4.03. The predicted octanol–water partition coefficient (Wildman–Crippen LogP) is 4.09. The van der Waals surface area contributed by atoms with Gasteiger partial charge in [-0.3, -0.25) is 4.40 Å². The number of fused-ring (bicyclic) bond motifs is 3. The summed E-state index contributed by atoms with van der Waals surface area (Å²) in [6.07, 6.45) is 1.91. The van der Waals surface area contributed by atoms with E-state index in [1.165, 1.54) is 11.3 Å². The molecule has 1 N–H and O–H groups in total. The van der Waals surface area contributed by atoms with Crippen molar-refractivity contribution in [1.82, 2.24) is 9.38 Å². The second-order valence-electron chi connectivity index (χ2n) is 5.67. The first-order valence-corrected chi connectivity index (χ1v) is 8.81. The van der Waals surface area contributed by atoms with E-state index in [9.17, 15) is 9.59 Å². The second kappa shape index (κ2) is 6.27. The first-order valence-electron chi connectivity index (χ1n) is 7.99. The fourth-order valence-corrected chi connectivity index (χ4v) is 3.81. The average molecular weight is 366 g/mol. The minimum absolute atomic E-state index is 0.242. The van der Waals surface area contributed by atoms with Crippen molar-refractivity contribution >= 4 is 38.5 Å². The van der Waals surface area contributed by atoms with Crippen molar-refractivity contribution in [2.24, 2.45) is 0 Å². The van der Waals surface area contributed by atoms with Gasteiger partial charge in [0.1, 0.15) is 0 Å². The van der Waals surface area contributed by atoms with Crippen LogP contribution >= 0.6 is 11.3 Å². The summed E-state index contributed by atoms with van der Waals surface area (Å²) in [5.74, 6) is -1.29. The Balaban J connectivity index is 1.74. The molecule has 0 aliphatic rings. The van der Waals surface area contributed by atoms with Crippen LogP contribution in [0, 0.1) is 0 Å². The lowest BCUT2D eigenvalue weighted by molar-refractivity contribution is 0.0526. The van der Waals surface area contributed by atoms with Gasteiger partial charge in [0.25, 0.3) is 0 Å². The molecule has 2 aromatic carbocycles. The molecule has 0 spiro atoms. The molecule has 4 rings (SSSR count). The first kappa shape index (κ1) is 16.3. The van der Waals surface area contributed by atoms with Gasteiger partial charge < -0.3 is 9.84 Å². The molecule has 7 heteroatoms. The van der Waals surface area contributed by atoms with Crippen LogP contribution in [0.15, 0.2) is 48.7 Å². The van der Waals surface area contributed by atoms with E-state index in [4.69, 9.17) is 9.84 Å². The first-order chi connectivity index (χ1) is 12.6. The molecule has 4 aromatic rings. The number of hydrogen-bond acceptors (Lipinski definition) is 5. The highest BCUT2D eigenvalue weighted by molar-refractivity contribution is 7.23. The highest BCUT2D eigenvalue weighted by Crippen LogP contribution is 2.30. The number of aromatic carboxylic acids is 1. The lowest BCUT2D eigenvalue weighted by atomic mass is 10.1. The zero-order valence-electron chi connectivity index (χ0n) is 13.8. The summed E-state index contributed by atoms with van der Waals surface area (Å²) in [6.45, 7) is 2.12. The molecule has 2 heterocycles. The van der Waals surface area contributed by atoms with Crippen LogP contribution in [0.3, 0.4) is 0 Å². The quantitative estimate of drug-likeness (QED) is 0.550. The van der Waals surface area contributed by atoms with Crippen LogP contribution in [-0.4, -0.2) is 33.0 Å². The van der Waals surface area contributed by atoms with Gasteiger partial charge in [-0.2, -0.15) is 0 Å². The van der Waals surface area contributed by atoms with E-state index in [0.29, 0.717) is 12.2 Å². The Morgan fingerprint density at radius 1 is 1.15 bits per heavy atom. The van der Waals surface area contributed by atoms with Gasteiger partial charge >= 0.3 is 11.9 Å². The number of benzene rings is 2. The summed E-state index contributed by atoms with van der Waals surface area (Å²) in [7, 11) is 0. The third-order valence-corrected chi connectivity index (χ3v) is 5.05. The third kappa shape index (κ3) is 2.72. The molecular weight excluding hydrogens is 352 g/mol. The number of carbonyl (C=O) groups is 2. The Hall–Kier alpha value is -3.19. The molecule has 130 valence electrons. The Labute approximate surface area is 152 Å². The van der Waals surface area contributed by atoms with Crippen molar-refractivity contribution in [2.45, 2.75) is 6.92 Å². The highest BCUT2D eigenvalue weighted by atomic mass is 32.1. The van der Waals surface area contributed by atoms with Gasteiger partial charge in [-0.15, -0.1) is 0 Å². The number of thiazole rings is 1. The topological polar surface area (TPSA) is 80.9 Å². The molecule has 26 heavy (non-hydrogen) atoms. The molecule has 0 aliphatic heterocycles. The molecule has 0 saturated carbocycles. The zero-order valence-corrected chi connectivity index (χ0v) is 14.6. The van der Waals surface area contributed by atoms with Crippen LogP contribution in [0.1, 0.15) is 27.6 Å². The molecule has 6 nitrogen and oxygen atoms in total. The van der Waals surface area contributed by atoms with Crippen LogP contribution in [0.4, 0.5) is 0 Å². The summed E-state index contributed by atoms with van der Waals surface area (Å²) in [5, 5.41) is 8.99. The number of rotatable bonds is 4. The molecule has 0 bridgehead atoms. The van der Waals surface area contributed by atoms with Gasteiger partial charge in [0.2, 0.25) is 0 Å². The Morgan fingerprint density at radius 3 is 2.58 bits per heavy atom. The molecule has 0 fully saturated rings. The standard InChI is InChI=1S/C19H14N2O4S/c1-2-25-18(24)13-7-8-15-16(9-13)26-19-20-14(10-21(15)19)11-3-5-12(6-4-11)17(22)23/h3-10H,2H2,1H3,(H,22,23). The molecule has 0 radical (unpaired) electrons. The van der Waals surface area contributed by atoms with Crippen LogP contribution in [0.25, 0.3) is 26.4 Å². The molecule has 2 aromatic heterocycles. The van der Waals surface area contributed by atoms with E-state index in [0.717, 1.165) is 26.4 Å². The fourth-order valence-electron chi connectivity index (χ4n) is 2.77. The maximum atomic E-state index is 11.9. The van der Waals surface area contributed by atoms with Gasteiger partial charge in [-0.05, 0) is 37.3 Å². The van der Waals surface area contributed by atoms with E-state index >= 15 is 0 Å². The van der Waals surface area contributed by atoms with Crippen LogP contribution in [-0.2, 0) is 4.74 Å². The van der Waals surface area contributed by atoms with Gasteiger partial charge in [0.15, 0.2) is 4.96 Å². The lowest BCUT2D eigenvalue weighted by Crippen LogP contribution is -2.03. The molecule has 0 saturated heterocycles. The van der Waals surface area contributed by atoms with Gasteiger partial charge in [-0.25, -0.2) is 14.6 Å². The van der Waals surface area contributed by atoms with Crippen LogP contribution in [0.5, 0.6) is 0 Å². The normalized spacial score (nSPS) is 11.1. The zero-order chi connectivity index (χ0) is 18.3. The second-order valence-corrected chi connectivity index (χ2v) is 6.68. The minimum Gasteiger partial charge on any atom is -0.478 e. The Morgan fingerprint density at radius 2 is 1.88 bits per heavy atom. The fraction of sp³-hybridized carbons (Fsp3) is 0.105. The lowest BCUT2D eigenvalue weighted by Gasteiger charge is -2.01. The maximum Gasteiger partial charge on any atom is 0.338 e. The van der Waals surface area contributed by atoms with E-state index in [1.54, 1.807) is 37.3 Å². The molecule has 0 atom stereocenters. The number of carboxylic acids is 1. The summed E-state index contributed by atoms with van der Waals surface area (Å²) < 4.78 is 7.95. The number of imidazole rings is 1. The monoisotopic (exact) mass is 366 g/mol. The van der Waals surface area contributed by atoms with Gasteiger partial charge in [-0.1, -0.05) is 23.5 Å². The van der Waals surface area contributed by atoms with Gasteiger partial charge in [0, 0.05) is 11.8 Å².